The van der Waals surface area contributed by atoms with Crippen LogP contribution in [0.15, 0.2) is 24.8 Å². The van der Waals surface area contributed by atoms with Gasteiger partial charge in [0.15, 0.2) is 17.4 Å². The van der Waals surface area contributed by atoms with Gasteiger partial charge in [-0.1, -0.05) is 0 Å². The average Bonchev–Trinajstić information content (AvgIpc) is 3.35. The first-order chi connectivity index (χ1) is 19.0. The number of carbonyl (C=O) groups is 1. The molecule has 0 aliphatic rings. The number of urea groups is 1. The SMILES string of the molecule is CCN(C(=O)NC(CCC(F)(F)F)C(F)(F)F)C(c1cnc(OC)c(-c2cn3ccnc3c(OC)n2)n1)C(F)(F)F. The molecule has 0 radical (unpaired) electrons. The van der Waals surface area contributed by atoms with E-state index in [2.05, 4.69) is 19.9 Å². The summed E-state index contributed by atoms with van der Waals surface area (Å²) >= 11 is 0. The number of nitrogens with one attached hydrogen (secondary N) is 1. The lowest BCUT2D eigenvalue weighted by molar-refractivity contribution is -0.182. The summed E-state index contributed by atoms with van der Waals surface area (Å²) in [7, 11) is 2.41. The number of ether oxygens (including phenoxy) is 2. The molecular formula is C22H22F9N7O3. The van der Waals surface area contributed by atoms with Crippen molar-refractivity contribution in [2.45, 2.75) is 50.4 Å². The van der Waals surface area contributed by atoms with E-state index in [-0.39, 0.29) is 33.7 Å². The van der Waals surface area contributed by atoms with Crippen molar-refractivity contribution in [3.05, 3.63) is 30.5 Å². The molecular weight excluding hydrogens is 581 g/mol. The summed E-state index contributed by atoms with van der Waals surface area (Å²) in [4.78, 5) is 28.6. The molecule has 1 N–H and O–H groups in total. The van der Waals surface area contributed by atoms with Crippen LogP contribution < -0.4 is 14.8 Å². The number of rotatable bonds is 9. The molecule has 19 heteroatoms. The maximum Gasteiger partial charge on any atom is 0.414 e. The fourth-order valence-electron chi connectivity index (χ4n) is 3.80. The lowest BCUT2D eigenvalue weighted by Crippen LogP contribution is -2.53. The first-order valence-electron chi connectivity index (χ1n) is 11.6. The molecule has 3 rings (SSSR count). The molecule has 3 aromatic rings. The third-order valence-corrected chi connectivity index (χ3v) is 5.64. The standard InChI is InChI=1S/C22H22F9N7O3/c1-4-38(19(39)36-13(21(26,27)28)5-6-20(23,24)25)15(22(29,30)31)11-9-33-17(40-2)14(34-11)12-10-37-8-7-32-16(37)18(35-12)41-3/h7-10,13,15H,4-6H2,1-3H3,(H,36,39). The van der Waals surface area contributed by atoms with Gasteiger partial charge in [0, 0.05) is 31.6 Å². The molecule has 0 aliphatic heterocycles. The summed E-state index contributed by atoms with van der Waals surface area (Å²) in [5.41, 5.74) is -1.12. The highest BCUT2D eigenvalue weighted by atomic mass is 19.4. The highest BCUT2D eigenvalue weighted by molar-refractivity contribution is 5.75. The van der Waals surface area contributed by atoms with E-state index in [9.17, 15) is 44.3 Å². The lowest BCUT2D eigenvalue weighted by Gasteiger charge is -2.33. The van der Waals surface area contributed by atoms with Gasteiger partial charge in [0.05, 0.1) is 26.1 Å². The zero-order chi connectivity index (χ0) is 30.8. The van der Waals surface area contributed by atoms with E-state index in [0.29, 0.717) is 6.20 Å². The van der Waals surface area contributed by atoms with Crippen molar-refractivity contribution in [3.63, 3.8) is 0 Å². The van der Waals surface area contributed by atoms with Crippen LogP contribution in [0.5, 0.6) is 11.8 Å². The van der Waals surface area contributed by atoms with Crippen LogP contribution in [-0.2, 0) is 0 Å². The van der Waals surface area contributed by atoms with Crippen molar-refractivity contribution < 1.29 is 53.8 Å². The predicted octanol–water partition coefficient (Wildman–Crippen LogP) is 5.11. The summed E-state index contributed by atoms with van der Waals surface area (Å²) in [5, 5.41) is 1.25. The van der Waals surface area contributed by atoms with Gasteiger partial charge in [-0.05, 0) is 13.3 Å². The first kappa shape index (κ1) is 31.5. The van der Waals surface area contributed by atoms with Crippen molar-refractivity contribution in [2.24, 2.45) is 0 Å². The smallest absolute Gasteiger partial charge is 0.414 e. The molecule has 2 amide bonds. The summed E-state index contributed by atoms with van der Waals surface area (Å²) in [6.45, 7) is 0.226. The van der Waals surface area contributed by atoms with Crippen LogP contribution in [0, 0.1) is 0 Å². The second-order valence-corrected chi connectivity index (χ2v) is 8.37. The Morgan fingerprint density at radius 1 is 1.00 bits per heavy atom. The Hall–Kier alpha value is -4.06. The van der Waals surface area contributed by atoms with E-state index in [0.717, 1.165) is 14.0 Å². The maximum atomic E-state index is 14.3. The molecule has 0 spiro atoms. The molecule has 226 valence electrons. The van der Waals surface area contributed by atoms with Gasteiger partial charge < -0.3 is 24.1 Å². The maximum absolute atomic E-state index is 14.3. The molecule has 41 heavy (non-hydrogen) atoms. The van der Waals surface area contributed by atoms with Crippen LogP contribution in [0.25, 0.3) is 17.0 Å². The largest absolute Gasteiger partial charge is 0.479 e. The van der Waals surface area contributed by atoms with Gasteiger partial charge in [-0.25, -0.2) is 24.7 Å². The van der Waals surface area contributed by atoms with Crippen molar-refractivity contribution in [2.75, 3.05) is 20.8 Å². The third kappa shape index (κ3) is 7.37. The third-order valence-electron chi connectivity index (χ3n) is 5.64. The van der Waals surface area contributed by atoms with Gasteiger partial charge in [-0.2, -0.15) is 39.5 Å². The fraction of sp³-hybridized carbons (Fsp3) is 0.500. The van der Waals surface area contributed by atoms with Crippen molar-refractivity contribution in [3.8, 4) is 23.1 Å². The minimum Gasteiger partial charge on any atom is -0.479 e. The summed E-state index contributed by atoms with van der Waals surface area (Å²) in [6.07, 6.45) is -14.5. The number of methoxy groups -OCH3 is 2. The van der Waals surface area contributed by atoms with Crippen LogP contribution in [0.3, 0.4) is 0 Å². The quantitative estimate of drug-likeness (QED) is 0.339. The zero-order valence-corrected chi connectivity index (χ0v) is 21.4. The second-order valence-electron chi connectivity index (χ2n) is 8.37. The number of halogens is 9. The van der Waals surface area contributed by atoms with Crippen molar-refractivity contribution >= 4 is 11.7 Å². The predicted molar refractivity (Wildman–Crippen MR) is 122 cm³/mol. The number of carbonyl (C=O) groups excluding carboxylic acids is 1. The van der Waals surface area contributed by atoms with Crippen LogP contribution in [0.2, 0.25) is 0 Å². The second kappa shape index (κ2) is 11.8. The molecule has 3 heterocycles. The number of hydrogen-bond donors (Lipinski definition) is 1. The minimum atomic E-state index is -5.38. The normalized spacial score (nSPS) is 14.0. The van der Waals surface area contributed by atoms with E-state index >= 15 is 0 Å². The van der Waals surface area contributed by atoms with E-state index in [4.69, 9.17) is 9.47 Å². The van der Waals surface area contributed by atoms with E-state index in [1.54, 1.807) is 0 Å². The van der Waals surface area contributed by atoms with Crippen LogP contribution in [0.4, 0.5) is 44.3 Å². The van der Waals surface area contributed by atoms with Gasteiger partial charge in [0.1, 0.15) is 11.7 Å². The highest BCUT2D eigenvalue weighted by Gasteiger charge is 2.50. The zero-order valence-electron chi connectivity index (χ0n) is 21.4. The number of hydrogen-bond acceptors (Lipinski definition) is 7. The Bertz CT molecular complexity index is 1360. The van der Waals surface area contributed by atoms with Crippen LogP contribution in [0.1, 0.15) is 31.5 Å². The average molecular weight is 603 g/mol. The van der Waals surface area contributed by atoms with Crippen molar-refractivity contribution in [1.29, 1.82) is 0 Å². The summed E-state index contributed by atoms with van der Waals surface area (Å²) in [5.74, 6) is -0.332. The van der Waals surface area contributed by atoms with Gasteiger partial charge in [0.25, 0.3) is 5.88 Å². The Kier molecular flexibility index (Phi) is 9.07. The topological polar surface area (TPSA) is 107 Å². The Labute approximate surface area is 225 Å². The molecule has 2 unspecified atom stereocenters. The molecule has 2 atom stereocenters. The van der Waals surface area contributed by atoms with Gasteiger partial charge >= 0.3 is 24.6 Å². The van der Waals surface area contributed by atoms with E-state index in [1.807, 2.05) is 0 Å². The molecule has 0 saturated carbocycles. The highest BCUT2D eigenvalue weighted by Crippen LogP contribution is 2.39. The minimum absolute atomic E-state index is 0.0410. The van der Waals surface area contributed by atoms with E-state index in [1.165, 1.54) is 35.4 Å². The molecule has 0 saturated heterocycles. The monoisotopic (exact) mass is 603 g/mol. The van der Waals surface area contributed by atoms with Crippen molar-refractivity contribution in [1.82, 2.24) is 34.6 Å². The molecule has 0 fully saturated rings. The number of imidazole rings is 1. The lowest BCUT2D eigenvalue weighted by atomic mass is 10.1. The van der Waals surface area contributed by atoms with Crippen LogP contribution >= 0.6 is 0 Å². The van der Waals surface area contributed by atoms with Crippen LogP contribution in [-0.4, -0.2) is 80.6 Å². The first-order valence-corrected chi connectivity index (χ1v) is 11.6. The van der Waals surface area contributed by atoms with E-state index < -0.39 is 61.7 Å². The molecule has 0 aliphatic carbocycles. The number of aromatic nitrogens is 5. The molecule has 10 nitrogen and oxygen atoms in total. The summed E-state index contributed by atoms with van der Waals surface area (Å²) in [6, 6.07) is -7.95. The Balaban J connectivity index is 2.06. The van der Waals surface area contributed by atoms with Gasteiger partial charge in [-0.15, -0.1) is 0 Å². The Morgan fingerprint density at radius 2 is 1.66 bits per heavy atom. The molecule has 3 aromatic heterocycles. The summed E-state index contributed by atoms with van der Waals surface area (Å²) < 4.78 is 132. The van der Waals surface area contributed by atoms with Gasteiger partial charge in [0.2, 0.25) is 5.88 Å². The number of fused-ring (bicyclic) bond motifs is 1. The number of nitrogens with zero attached hydrogens (tertiary/aromatic N) is 6. The number of amides is 2. The molecule has 0 bridgehead atoms. The van der Waals surface area contributed by atoms with Gasteiger partial charge in [-0.3, -0.25) is 0 Å². The number of alkyl halides is 9. The molecule has 0 aromatic carbocycles. The fourth-order valence-corrected chi connectivity index (χ4v) is 3.80. The Morgan fingerprint density at radius 3 is 2.20 bits per heavy atom.